The van der Waals surface area contributed by atoms with Crippen LogP contribution < -0.4 is 11.5 Å². The van der Waals surface area contributed by atoms with Crippen molar-refractivity contribution >= 4 is 5.91 Å². The summed E-state index contributed by atoms with van der Waals surface area (Å²) in [5.41, 5.74) is 10.7. The van der Waals surface area contributed by atoms with Gasteiger partial charge in [-0.2, -0.15) is 0 Å². The number of likely N-dealkylation sites (tertiary alicyclic amines) is 1. The predicted molar refractivity (Wildman–Crippen MR) is 62.9 cm³/mol. The molecule has 0 bridgehead atoms. The Morgan fingerprint density at radius 3 is 2.62 bits per heavy atom. The lowest BCUT2D eigenvalue weighted by atomic mass is 10.1. The topological polar surface area (TPSA) is 81.6 Å². The van der Waals surface area contributed by atoms with Gasteiger partial charge in [0, 0.05) is 26.2 Å². The Balaban J connectivity index is 2.14. The van der Waals surface area contributed by atoms with Gasteiger partial charge >= 0.3 is 0 Å². The maximum absolute atomic E-state index is 10.8. The van der Waals surface area contributed by atoms with Gasteiger partial charge in [-0.25, -0.2) is 0 Å². The van der Waals surface area contributed by atoms with Gasteiger partial charge in [0.25, 0.3) is 0 Å². The molecule has 16 heavy (non-hydrogen) atoms. The molecule has 0 spiro atoms. The van der Waals surface area contributed by atoms with Gasteiger partial charge in [-0.15, -0.1) is 0 Å². The van der Waals surface area contributed by atoms with Crippen molar-refractivity contribution < 1.29 is 9.53 Å². The SMILES string of the molecule is CCOC1CCN(CCC(N)C(N)=O)CC1. The summed E-state index contributed by atoms with van der Waals surface area (Å²) >= 11 is 0. The number of amides is 1. The number of rotatable bonds is 6. The minimum atomic E-state index is -0.510. The lowest BCUT2D eigenvalue weighted by Crippen LogP contribution is -2.42. The van der Waals surface area contributed by atoms with E-state index in [-0.39, 0.29) is 0 Å². The summed E-state index contributed by atoms with van der Waals surface area (Å²) in [4.78, 5) is 13.1. The molecule has 0 aromatic heterocycles. The van der Waals surface area contributed by atoms with E-state index in [1.807, 2.05) is 6.92 Å². The van der Waals surface area contributed by atoms with E-state index in [1.54, 1.807) is 0 Å². The lowest BCUT2D eigenvalue weighted by molar-refractivity contribution is -0.119. The molecule has 0 radical (unpaired) electrons. The van der Waals surface area contributed by atoms with Gasteiger partial charge in [-0.1, -0.05) is 0 Å². The Labute approximate surface area is 97.1 Å². The van der Waals surface area contributed by atoms with Crippen LogP contribution in [0.2, 0.25) is 0 Å². The highest BCUT2D eigenvalue weighted by atomic mass is 16.5. The molecule has 1 fully saturated rings. The van der Waals surface area contributed by atoms with Crippen LogP contribution in [0.3, 0.4) is 0 Å². The van der Waals surface area contributed by atoms with Crippen molar-refractivity contribution in [3.8, 4) is 0 Å². The highest BCUT2D eigenvalue weighted by Crippen LogP contribution is 2.13. The largest absolute Gasteiger partial charge is 0.378 e. The molecular weight excluding hydrogens is 206 g/mol. The van der Waals surface area contributed by atoms with Crippen molar-refractivity contribution in [3.05, 3.63) is 0 Å². The van der Waals surface area contributed by atoms with E-state index in [4.69, 9.17) is 16.2 Å². The van der Waals surface area contributed by atoms with Crippen molar-refractivity contribution in [1.29, 1.82) is 0 Å². The molecule has 5 heteroatoms. The zero-order valence-corrected chi connectivity index (χ0v) is 10.0. The summed E-state index contributed by atoms with van der Waals surface area (Å²) < 4.78 is 5.57. The van der Waals surface area contributed by atoms with Gasteiger partial charge in [0.2, 0.25) is 5.91 Å². The normalized spacial score (nSPS) is 20.9. The van der Waals surface area contributed by atoms with Crippen molar-refractivity contribution in [2.45, 2.75) is 38.3 Å². The fourth-order valence-corrected chi connectivity index (χ4v) is 2.00. The van der Waals surface area contributed by atoms with E-state index >= 15 is 0 Å². The first kappa shape index (κ1) is 13.4. The number of carbonyl (C=O) groups is 1. The van der Waals surface area contributed by atoms with Crippen molar-refractivity contribution in [1.82, 2.24) is 4.90 Å². The number of primary amides is 1. The Kier molecular flexibility index (Phi) is 5.73. The minimum Gasteiger partial charge on any atom is -0.378 e. The van der Waals surface area contributed by atoms with Crippen LogP contribution in [0.4, 0.5) is 0 Å². The predicted octanol–water partition coefficient (Wildman–Crippen LogP) is -0.310. The summed E-state index contributed by atoms with van der Waals surface area (Å²) in [6, 6.07) is -0.510. The number of nitrogens with zero attached hydrogens (tertiary/aromatic N) is 1. The van der Waals surface area contributed by atoms with Gasteiger partial charge in [0.15, 0.2) is 0 Å². The van der Waals surface area contributed by atoms with E-state index in [1.165, 1.54) is 0 Å². The first-order valence-electron chi connectivity index (χ1n) is 6.02. The van der Waals surface area contributed by atoms with Crippen LogP contribution >= 0.6 is 0 Å². The summed E-state index contributed by atoms with van der Waals surface area (Å²) in [7, 11) is 0. The van der Waals surface area contributed by atoms with E-state index in [0.29, 0.717) is 12.5 Å². The molecule has 1 heterocycles. The molecule has 0 saturated carbocycles. The third-order valence-corrected chi connectivity index (χ3v) is 3.06. The van der Waals surface area contributed by atoms with Crippen LogP contribution in [0.1, 0.15) is 26.2 Å². The molecule has 94 valence electrons. The second kappa shape index (κ2) is 6.83. The van der Waals surface area contributed by atoms with E-state index in [2.05, 4.69) is 4.90 Å². The Hall–Kier alpha value is -0.650. The lowest BCUT2D eigenvalue weighted by Gasteiger charge is -2.32. The van der Waals surface area contributed by atoms with Crippen LogP contribution in [0.5, 0.6) is 0 Å². The number of piperidine rings is 1. The third-order valence-electron chi connectivity index (χ3n) is 3.06. The van der Waals surface area contributed by atoms with Crippen molar-refractivity contribution in [2.75, 3.05) is 26.2 Å². The number of hydrogen-bond donors (Lipinski definition) is 2. The number of carbonyl (C=O) groups excluding carboxylic acids is 1. The molecule has 1 unspecified atom stereocenters. The van der Waals surface area contributed by atoms with Gasteiger partial charge in [0.05, 0.1) is 12.1 Å². The summed E-state index contributed by atoms with van der Waals surface area (Å²) in [6.07, 6.45) is 3.19. The molecule has 1 aliphatic rings. The molecule has 5 nitrogen and oxygen atoms in total. The first-order chi connectivity index (χ1) is 7.63. The van der Waals surface area contributed by atoms with Crippen molar-refractivity contribution in [3.63, 3.8) is 0 Å². The third kappa shape index (κ3) is 4.47. The maximum Gasteiger partial charge on any atom is 0.234 e. The second-order valence-corrected chi connectivity index (χ2v) is 4.29. The maximum atomic E-state index is 10.8. The molecule has 0 aromatic carbocycles. The van der Waals surface area contributed by atoms with Crippen LogP contribution in [-0.4, -0.2) is 49.2 Å². The Bertz CT molecular complexity index is 215. The molecular formula is C11H23N3O2. The molecule has 1 amide bonds. The standard InChI is InChI=1S/C11H23N3O2/c1-2-16-9-3-6-14(7-4-9)8-5-10(12)11(13)15/h9-10H,2-8,12H2,1H3,(H2,13,15). The zero-order chi connectivity index (χ0) is 12.0. The number of hydrogen-bond acceptors (Lipinski definition) is 4. The first-order valence-corrected chi connectivity index (χ1v) is 6.02. The fourth-order valence-electron chi connectivity index (χ4n) is 2.00. The van der Waals surface area contributed by atoms with Gasteiger partial charge in [-0.3, -0.25) is 4.79 Å². The van der Waals surface area contributed by atoms with Crippen LogP contribution in [-0.2, 0) is 9.53 Å². The summed E-state index contributed by atoms with van der Waals surface area (Å²) in [5, 5.41) is 0. The molecule has 4 N–H and O–H groups in total. The van der Waals surface area contributed by atoms with E-state index < -0.39 is 11.9 Å². The monoisotopic (exact) mass is 229 g/mol. The molecule has 1 saturated heterocycles. The minimum absolute atomic E-state index is 0.408. The molecule has 0 aliphatic carbocycles. The highest BCUT2D eigenvalue weighted by molar-refractivity contribution is 5.79. The average Bonchev–Trinajstić information content (AvgIpc) is 2.28. The number of nitrogens with two attached hydrogens (primary N) is 2. The Morgan fingerprint density at radius 2 is 2.12 bits per heavy atom. The van der Waals surface area contributed by atoms with Crippen LogP contribution in [0, 0.1) is 0 Å². The fraction of sp³-hybridized carbons (Fsp3) is 0.909. The number of ether oxygens (including phenoxy) is 1. The molecule has 1 rings (SSSR count). The molecule has 0 aromatic rings. The average molecular weight is 229 g/mol. The summed E-state index contributed by atoms with van der Waals surface area (Å²) in [5.74, 6) is -0.413. The zero-order valence-electron chi connectivity index (χ0n) is 10.0. The quantitative estimate of drug-likeness (QED) is 0.654. The van der Waals surface area contributed by atoms with Crippen molar-refractivity contribution in [2.24, 2.45) is 11.5 Å². The highest BCUT2D eigenvalue weighted by Gasteiger charge is 2.20. The van der Waals surface area contributed by atoms with Gasteiger partial charge < -0.3 is 21.1 Å². The molecule has 1 aliphatic heterocycles. The summed E-state index contributed by atoms with van der Waals surface area (Å²) in [6.45, 7) is 5.71. The molecule has 1 atom stereocenters. The van der Waals surface area contributed by atoms with E-state index in [9.17, 15) is 4.79 Å². The van der Waals surface area contributed by atoms with E-state index in [0.717, 1.165) is 39.1 Å². The van der Waals surface area contributed by atoms with Gasteiger partial charge in [0.1, 0.15) is 0 Å². The smallest absolute Gasteiger partial charge is 0.234 e. The second-order valence-electron chi connectivity index (χ2n) is 4.29. The van der Waals surface area contributed by atoms with Crippen LogP contribution in [0.25, 0.3) is 0 Å². The Morgan fingerprint density at radius 1 is 1.50 bits per heavy atom. The van der Waals surface area contributed by atoms with Gasteiger partial charge in [-0.05, 0) is 26.2 Å². The van der Waals surface area contributed by atoms with Crippen LogP contribution in [0.15, 0.2) is 0 Å².